The first kappa shape index (κ1) is 21.1. The fourth-order valence-electron chi connectivity index (χ4n) is 3.88. The van der Waals surface area contributed by atoms with Gasteiger partial charge in [0.15, 0.2) is 11.6 Å². The normalized spacial score (nSPS) is 14.7. The summed E-state index contributed by atoms with van der Waals surface area (Å²) in [5.74, 6) is 0.718. The number of aromatic nitrogens is 2. The number of H-pyrrole nitrogens is 1. The Labute approximate surface area is 181 Å². The lowest BCUT2D eigenvalue weighted by molar-refractivity contribution is -0.114. The van der Waals surface area contributed by atoms with Crippen LogP contribution in [0.1, 0.15) is 19.4 Å². The van der Waals surface area contributed by atoms with Gasteiger partial charge in [-0.25, -0.2) is 9.37 Å². The molecule has 4 rings (SSSR count). The minimum absolute atomic E-state index is 0.127. The molecule has 1 aromatic carbocycles. The molecule has 0 aliphatic carbocycles. The number of aromatic amines is 1. The number of anilines is 2. The number of amides is 1. The molecule has 0 unspecified atom stereocenters. The third-order valence-electron chi connectivity index (χ3n) is 5.62. The SMILES string of the molecule is CCN1CCN(c2ncc(CCOc3ccc4[nH]cc(NC(C)=O)c4c3)cc2F)CC1. The lowest BCUT2D eigenvalue weighted by Crippen LogP contribution is -2.46. The molecule has 2 aromatic heterocycles. The number of hydrogen-bond donors (Lipinski definition) is 2. The Hall–Kier alpha value is -3.13. The number of likely N-dealkylation sites (N-methyl/N-ethyl adjacent to an activating group) is 1. The van der Waals surface area contributed by atoms with Gasteiger partial charge in [-0.15, -0.1) is 0 Å². The van der Waals surface area contributed by atoms with E-state index in [9.17, 15) is 9.18 Å². The molecule has 31 heavy (non-hydrogen) atoms. The van der Waals surface area contributed by atoms with Gasteiger partial charge in [0.2, 0.25) is 5.91 Å². The third kappa shape index (κ3) is 4.96. The van der Waals surface area contributed by atoms with E-state index in [1.165, 1.54) is 6.92 Å². The highest BCUT2D eigenvalue weighted by atomic mass is 19.1. The molecule has 8 heteroatoms. The summed E-state index contributed by atoms with van der Waals surface area (Å²) in [6.45, 7) is 8.50. The Bertz CT molecular complexity index is 1060. The van der Waals surface area contributed by atoms with Crippen LogP contribution in [0.25, 0.3) is 10.9 Å². The van der Waals surface area contributed by atoms with Gasteiger partial charge in [-0.05, 0) is 36.4 Å². The van der Waals surface area contributed by atoms with Gasteiger partial charge in [0.1, 0.15) is 5.75 Å². The van der Waals surface area contributed by atoms with Crippen molar-refractivity contribution in [3.63, 3.8) is 0 Å². The Morgan fingerprint density at radius 2 is 2.06 bits per heavy atom. The number of pyridine rings is 1. The maximum Gasteiger partial charge on any atom is 0.221 e. The zero-order valence-electron chi connectivity index (χ0n) is 17.9. The molecule has 0 saturated carbocycles. The van der Waals surface area contributed by atoms with Gasteiger partial charge in [0.25, 0.3) is 0 Å². The van der Waals surface area contributed by atoms with Crippen LogP contribution in [0.15, 0.2) is 36.7 Å². The number of carbonyl (C=O) groups excluding carboxylic acids is 1. The summed E-state index contributed by atoms with van der Waals surface area (Å²) in [5, 5.41) is 3.68. The number of benzene rings is 1. The molecular formula is C23H28FN5O2. The molecule has 3 heterocycles. The van der Waals surface area contributed by atoms with Crippen LogP contribution in [-0.4, -0.2) is 60.1 Å². The molecule has 0 bridgehead atoms. The lowest BCUT2D eigenvalue weighted by Gasteiger charge is -2.34. The zero-order valence-corrected chi connectivity index (χ0v) is 17.9. The van der Waals surface area contributed by atoms with Crippen molar-refractivity contribution < 1.29 is 13.9 Å². The summed E-state index contributed by atoms with van der Waals surface area (Å²) < 4.78 is 20.5. The van der Waals surface area contributed by atoms with E-state index in [4.69, 9.17) is 4.74 Å². The number of rotatable bonds is 7. The molecular weight excluding hydrogens is 397 g/mol. The average Bonchev–Trinajstić information content (AvgIpc) is 3.15. The third-order valence-corrected chi connectivity index (χ3v) is 5.62. The van der Waals surface area contributed by atoms with Crippen LogP contribution in [-0.2, 0) is 11.2 Å². The summed E-state index contributed by atoms with van der Waals surface area (Å²) in [7, 11) is 0. The van der Waals surface area contributed by atoms with Crippen molar-refractivity contribution in [2.75, 3.05) is 49.5 Å². The van der Waals surface area contributed by atoms with Gasteiger partial charge in [-0.1, -0.05) is 6.92 Å². The number of hydrogen-bond acceptors (Lipinski definition) is 5. The van der Waals surface area contributed by atoms with Gasteiger partial charge in [0, 0.05) is 62.8 Å². The zero-order chi connectivity index (χ0) is 21.8. The number of carbonyl (C=O) groups is 1. The van der Waals surface area contributed by atoms with Gasteiger partial charge in [-0.2, -0.15) is 0 Å². The number of nitrogens with one attached hydrogen (secondary N) is 2. The molecule has 1 aliphatic rings. The highest BCUT2D eigenvalue weighted by Gasteiger charge is 2.19. The fourth-order valence-corrected chi connectivity index (χ4v) is 3.88. The molecule has 0 radical (unpaired) electrons. The van der Waals surface area contributed by atoms with E-state index in [1.807, 2.05) is 23.1 Å². The van der Waals surface area contributed by atoms with E-state index in [1.54, 1.807) is 18.5 Å². The van der Waals surface area contributed by atoms with Crippen molar-refractivity contribution in [1.29, 1.82) is 0 Å². The smallest absolute Gasteiger partial charge is 0.221 e. The predicted molar refractivity (Wildman–Crippen MR) is 120 cm³/mol. The predicted octanol–water partition coefficient (Wildman–Crippen LogP) is 3.42. The van der Waals surface area contributed by atoms with Gasteiger partial charge < -0.3 is 24.8 Å². The molecule has 0 spiro atoms. The van der Waals surface area contributed by atoms with Crippen LogP contribution in [0.3, 0.4) is 0 Å². The highest BCUT2D eigenvalue weighted by molar-refractivity contribution is 6.01. The maximum absolute atomic E-state index is 14.7. The highest BCUT2D eigenvalue weighted by Crippen LogP contribution is 2.27. The van der Waals surface area contributed by atoms with Gasteiger partial charge in [0.05, 0.1) is 12.3 Å². The Kier molecular flexibility index (Phi) is 6.36. The molecule has 7 nitrogen and oxygen atoms in total. The fraction of sp³-hybridized carbons (Fsp3) is 0.391. The first-order valence-electron chi connectivity index (χ1n) is 10.7. The number of ether oxygens (including phenoxy) is 1. The monoisotopic (exact) mass is 425 g/mol. The van der Waals surface area contributed by atoms with Crippen molar-refractivity contribution in [2.45, 2.75) is 20.3 Å². The summed E-state index contributed by atoms with van der Waals surface area (Å²) in [6.07, 6.45) is 4.05. The minimum atomic E-state index is -0.281. The van der Waals surface area contributed by atoms with E-state index in [0.29, 0.717) is 24.6 Å². The van der Waals surface area contributed by atoms with Crippen LogP contribution < -0.4 is 15.0 Å². The summed E-state index contributed by atoms with van der Waals surface area (Å²) in [4.78, 5) is 23.2. The first-order chi connectivity index (χ1) is 15.0. The number of nitrogens with zero attached hydrogens (tertiary/aromatic N) is 3. The number of fused-ring (bicyclic) bond motifs is 1. The summed E-state index contributed by atoms with van der Waals surface area (Å²) in [5.41, 5.74) is 2.43. The average molecular weight is 426 g/mol. The van der Waals surface area contributed by atoms with Crippen molar-refractivity contribution in [3.05, 3.63) is 48.0 Å². The largest absolute Gasteiger partial charge is 0.493 e. The van der Waals surface area contributed by atoms with Crippen molar-refractivity contribution in [2.24, 2.45) is 0 Å². The molecule has 1 amide bonds. The minimum Gasteiger partial charge on any atom is -0.493 e. The van der Waals surface area contributed by atoms with E-state index < -0.39 is 0 Å². The van der Waals surface area contributed by atoms with Gasteiger partial charge in [-0.3, -0.25) is 4.79 Å². The molecule has 164 valence electrons. The van der Waals surface area contributed by atoms with Gasteiger partial charge >= 0.3 is 0 Å². The van der Waals surface area contributed by atoms with Crippen molar-refractivity contribution in [3.8, 4) is 5.75 Å². The second kappa shape index (κ2) is 9.34. The summed E-state index contributed by atoms with van der Waals surface area (Å²) in [6, 6.07) is 7.22. The van der Waals surface area contributed by atoms with E-state index in [-0.39, 0.29) is 11.7 Å². The van der Waals surface area contributed by atoms with Crippen LogP contribution in [0, 0.1) is 5.82 Å². The topological polar surface area (TPSA) is 73.5 Å². The molecule has 2 N–H and O–H groups in total. The molecule has 3 aromatic rings. The Balaban J connectivity index is 1.35. The Morgan fingerprint density at radius 1 is 1.26 bits per heavy atom. The molecule has 1 saturated heterocycles. The lowest BCUT2D eigenvalue weighted by atomic mass is 10.2. The first-order valence-corrected chi connectivity index (χ1v) is 10.7. The quantitative estimate of drug-likeness (QED) is 0.607. The standard InChI is InChI=1S/C23H28FN5O2/c1-3-28-7-9-29(10-8-28)23-20(24)12-17(14-26-23)6-11-31-18-4-5-21-19(13-18)22(15-25-21)27-16(2)30/h4-5,12-15,25H,3,6-11H2,1-2H3,(H,27,30). The summed E-state index contributed by atoms with van der Waals surface area (Å²) >= 11 is 0. The van der Waals surface area contributed by atoms with E-state index in [0.717, 1.165) is 54.9 Å². The van der Waals surface area contributed by atoms with Crippen LogP contribution in [0.5, 0.6) is 5.75 Å². The maximum atomic E-state index is 14.7. The van der Waals surface area contributed by atoms with Crippen LogP contribution >= 0.6 is 0 Å². The molecule has 0 atom stereocenters. The van der Waals surface area contributed by atoms with Crippen molar-refractivity contribution >= 4 is 28.3 Å². The van der Waals surface area contributed by atoms with E-state index in [2.05, 4.69) is 27.1 Å². The number of piperazine rings is 1. The second-order valence-corrected chi connectivity index (χ2v) is 7.76. The number of halogens is 1. The molecule has 1 fully saturated rings. The van der Waals surface area contributed by atoms with Crippen molar-refractivity contribution in [1.82, 2.24) is 14.9 Å². The second-order valence-electron chi connectivity index (χ2n) is 7.76. The molecule has 1 aliphatic heterocycles. The van der Waals surface area contributed by atoms with Crippen LogP contribution in [0.2, 0.25) is 0 Å². The van der Waals surface area contributed by atoms with Crippen LogP contribution in [0.4, 0.5) is 15.9 Å². The Morgan fingerprint density at radius 3 is 2.77 bits per heavy atom. The van der Waals surface area contributed by atoms with E-state index >= 15 is 0 Å².